The van der Waals surface area contributed by atoms with E-state index in [1.807, 2.05) is 11.9 Å². The van der Waals surface area contributed by atoms with Crippen LogP contribution in [0.25, 0.3) is 0 Å². The predicted molar refractivity (Wildman–Crippen MR) is 107 cm³/mol. The fourth-order valence-electron chi connectivity index (χ4n) is 3.38. The number of hydrogen-bond acceptors (Lipinski definition) is 9. The van der Waals surface area contributed by atoms with Gasteiger partial charge in [-0.1, -0.05) is 17.7 Å². The quantitative estimate of drug-likeness (QED) is 0.434. The summed E-state index contributed by atoms with van der Waals surface area (Å²) in [5, 5.41) is 20.6. The highest BCUT2D eigenvalue weighted by molar-refractivity contribution is 7.71. The second-order valence-electron chi connectivity index (χ2n) is 7.38. The van der Waals surface area contributed by atoms with Crippen molar-refractivity contribution in [1.29, 1.82) is 0 Å². The van der Waals surface area contributed by atoms with Gasteiger partial charge < -0.3 is 19.5 Å². The van der Waals surface area contributed by atoms with E-state index in [0.29, 0.717) is 21.9 Å². The number of ether oxygens (including phenoxy) is 1. The molecule has 0 bridgehead atoms. The molecule has 2 aromatic rings. The SMILES string of the molecule is [2H][C@@]1(n2cc(F)c(=O)[nH]c2=S)O[C@](F)(COP2(=O)OCc3cc(C)cc(C)c3O2)[C@@H](O)[C@H]1O. The minimum atomic E-state index is -4.38. The van der Waals surface area contributed by atoms with E-state index in [-0.39, 0.29) is 12.4 Å². The van der Waals surface area contributed by atoms with Gasteiger partial charge in [0.1, 0.15) is 24.6 Å². The van der Waals surface area contributed by atoms with E-state index in [9.17, 15) is 24.0 Å². The maximum Gasteiger partial charge on any atom is 0.530 e. The van der Waals surface area contributed by atoms with Gasteiger partial charge in [0.25, 0.3) is 11.4 Å². The molecule has 0 aliphatic carbocycles. The van der Waals surface area contributed by atoms with Crippen LogP contribution in [-0.4, -0.2) is 44.4 Å². The van der Waals surface area contributed by atoms with Crippen LogP contribution in [0.1, 0.15) is 24.3 Å². The van der Waals surface area contributed by atoms with E-state index < -0.39 is 54.8 Å². The normalized spacial score (nSPS) is 34.6. The Kier molecular flexibility index (Phi) is 5.53. The Labute approximate surface area is 186 Å². The fourth-order valence-corrected chi connectivity index (χ4v) is 4.91. The fraction of sp³-hybridized carbons (Fsp3) is 0.444. The molecule has 1 aromatic carbocycles. The zero-order valence-corrected chi connectivity index (χ0v) is 18.4. The van der Waals surface area contributed by atoms with Crippen LogP contribution >= 0.6 is 20.0 Å². The Morgan fingerprint density at radius 3 is 2.91 bits per heavy atom. The second kappa shape index (κ2) is 8.10. The van der Waals surface area contributed by atoms with E-state index >= 15 is 4.39 Å². The molecule has 0 spiro atoms. The molecular formula is C18H19F2N2O8PS. The first kappa shape index (κ1) is 21.8. The molecular weight excluding hydrogens is 473 g/mol. The van der Waals surface area contributed by atoms with Gasteiger partial charge in [0.05, 0.1) is 14.2 Å². The maximum atomic E-state index is 15.5. The molecule has 3 N–H and O–H groups in total. The number of H-pyrrole nitrogens is 1. The molecule has 174 valence electrons. The summed E-state index contributed by atoms with van der Waals surface area (Å²) in [7, 11) is -4.38. The topological polar surface area (TPSA) is 132 Å². The Morgan fingerprint density at radius 1 is 1.47 bits per heavy atom. The standard InChI is InChI=1S/C18H19F2N2O8PS/c1-8-3-9(2)13-10(4-8)6-27-31(26,30-13)28-7-18(20)14(24)12(23)16(29-18)22-5-11(19)15(25)21-17(22)32/h3-5,12,14,16,23-24H,6-7H2,1-2H3,(H,21,25,32)/t12-,14+,16-,18-,31?/m1/s1/i16D. The Morgan fingerprint density at radius 2 is 2.19 bits per heavy atom. The molecule has 0 amide bonds. The summed E-state index contributed by atoms with van der Waals surface area (Å²) in [6.45, 7) is 2.11. The average molecular weight is 493 g/mol. The van der Waals surface area contributed by atoms with E-state index in [4.69, 9.17) is 31.9 Å². The van der Waals surface area contributed by atoms with Gasteiger partial charge in [0, 0.05) is 5.56 Å². The van der Waals surface area contributed by atoms with E-state index in [1.165, 1.54) is 0 Å². The summed E-state index contributed by atoms with van der Waals surface area (Å²) in [4.78, 5) is 13.2. The highest BCUT2D eigenvalue weighted by atomic mass is 32.1. The summed E-state index contributed by atoms with van der Waals surface area (Å²) < 4.78 is 70.7. The van der Waals surface area contributed by atoms with E-state index in [1.54, 1.807) is 19.1 Å². The lowest BCUT2D eigenvalue weighted by Gasteiger charge is -2.29. The number of phosphoric ester groups is 1. The summed E-state index contributed by atoms with van der Waals surface area (Å²) in [6.07, 6.45) is -7.21. The minimum Gasteiger partial charge on any atom is -0.403 e. The first-order valence-electron chi connectivity index (χ1n) is 9.74. The number of aliphatic hydroxyl groups is 2. The van der Waals surface area contributed by atoms with Gasteiger partial charge in [0.15, 0.2) is 11.0 Å². The Bertz CT molecular complexity index is 1290. The number of alkyl halides is 1. The van der Waals surface area contributed by atoms with E-state index in [2.05, 4.69) is 0 Å². The molecule has 2 aliphatic heterocycles. The number of aliphatic hydroxyl groups excluding tert-OH is 2. The van der Waals surface area contributed by atoms with Gasteiger partial charge in [-0.15, -0.1) is 0 Å². The van der Waals surface area contributed by atoms with Crippen LogP contribution in [0.5, 0.6) is 5.75 Å². The molecule has 2 aliphatic rings. The zero-order chi connectivity index (χ0) is 24.3. The van der Waals surface area contributed by atoms with Crippen molar-refractivity contribution in [2.75, 3.05) is 6.61 Å². The number of halogens is 2. The molecule has 0 radical (unpaired) electrons. The van der Waals surface area contributed by atoms with Crippen molar-refractivity contribution >= 4 is 20.0 Å². The average Bonchev–Trinajstić information content (AvgIpc) is 2.91. The predicted octanol–water partition coefficient (Wildman–Crippen LogP) is 2.31. The number of hydrogen-bond donors (Lipinski definition) is 3. The van der Waals surface area contributed by atoms with Crippen molar-refractivity contribution in [1.82, 2.24) is 9.55 Å². The van der Waals surface area contributed by atoms with Gasteiger partial charge >= 0.3 is 7.82 Å². The molecule has 4 rings (SSSR count). The van der Waals surface area contributed by atoms with Crippen molar-refractivity contribution in [3.05, 3.63) is 56.0 Å². The lowest BCUT2D eigenvalue weighted by Crippen LogP contribution is -2.43. The summed E-state index contributed by atoms with van der Waals surface area (Å²) in [5.74, 6) is -4.47. The number of nitrogens with one attached hydrogen (secondary N) is 1. The molecule has 1 unspecified atom stereocenters. The molecule has 14 heteroatoms. The molecule has 1 fully saturated rings. The van der Waals surface area contributed by atoms with Gasteiger partial charge in [-0.2, -0.15) is 4.39 Å². The number of phosphoric acid groups is 1. The van der Waals surface area contributed by atoms with Crippen LogP contribution in [0.15, 0.2) is 23.1 Å². The highest BCUT2D eigenvalue weighted by Gasteiger charge is 2.57. The first-order valence-corrected chi connectivity index (χ1v) is 11.1. The van der Waals surface area contributed by atoms with Crippen LogP contribution in [0.2, 0.25) is 0 Å². The van der Waals surface area contributed by atoms with Gasteiger partial charge in [-0.25, -0.2) is 8.96 Å². The maximum absolute atomic E-state index is 15.5. The van der Waals surface area contributed by atoms with Crippen molar-refractivity contribution < 1.29 is 43.2 Å². The monoisotopic (exact) mass is 493 g/mol. The minimum absolute atomic E-state index is 0.158. The summed E-state index contributed by atoms with van der Waals surface area (Å²) in [6, 6.07) is 3.52. The smallest absolute Gasteiger partial charge is 0.403 e. The number of rotatable bonds is 4. The van der Waals surface area contributed by atoms with Gasteiger partial charge in [-0.05, 0) is 31.6 Å². The van der Waals surface area contributed by atoms with Gasteiger partial charge in [-0.3, -0.25) is 23.4 Å². The number of nitrogens with zero attached hydrogens (tertiary/aromatic N) is 1. The lowest BCUT2D eigenvalue weighted by molar-refractivity contribution is -0.205. The Hall–Kier alpha value is -1.99. The molecule has 3 heterocycles. The largest absolute Gasteiger partial charge is 0.530 e. The van der Waals surface area contributed by atoms with Crippen LogP contribution < -0.4 is 10.1 Å². The van der Waals surface area contributed by atoms with Gasteiger partial charge in [0.2, 0.25) is 5.82 Å². The van der Waals surface area contributed by atoms with Crippen molar-refractivity contribution in [3.63, 3.8) is 0 Å². The molecule has 1 saturated heterocycles. The Balaban J connectivity index is 1.58. The molecule has 10 nitrogen and oxygen atoms in total. The molecule has 1 aromatic heterocycles. The third-order valence-corrected chi connectivity index (χ3v) is 6.50. The lowest BCUT2D eigenvalue weighted by atomic mass is 10.1. The number of aryl methyl sites for hydroxylation is 2. The second-order valence-corrected chi connectivity index (χ2v) is 9.36. The number of aromatic amines is 1. The zero-order valence-electron chi connectivity index (χ0n) is 17.7. The first-order chi connectivity index (χ1) is 15.3. The summed E-state index contributed by atoms with van der Waals surface area (Å²) >= 11 is 4.83. The molecule has 5 atom stereocenters. The number of benzene rings is 1. The molecule has 0 saturated carbocycles. The number of fused-ring (bicyclic) bond motifs is 1. The van der Waals surface area contributed by atoms with Crippen LogP contribution in [0.3, 0.4) is 0 Å². The molecule has 32 heavy (non-hydrogen) atoms. The van der Waals surface area contributed by atoms with E-state index in [0.717, 1.165) is 5.56 Å². The number of aromatic nitrogens is 2. The third-order valence-electron chi connectivity index (χ3n) is 4.90. The van der Waals surface area contributed by atoms with Crippen LogP contribution in [0, 0.1) is 24.4 Å². The van der Waals surface area contributed by atoms with Crippen molar-refractivity contribution in [3.8, 4) is 5.75 Å². The highest BCUT2D eigenvalue weighted by Crippen LogP contribution is 2.56. The summed E-state index contributed by atoms with van der Waals surface area (Å²) in [5.41, 5.74) is 0.946. The van der Waals surface area contributed by atoms with Crippen LogP contribution in [-0.2, 0) is 25.0 Å². The third kappa shape index (κ3) is 4.05. The van der Waals surface area contributed by atoms with Crippen molar-refractivity contribution in [2.24, 2.45) is 0 Å². The van der Waals surface area contributed by atoms with Crippen LogP contribution in [0.4, 0.5) is 8.78 Å². The van der Waals surface area contributed by atoms with Crippen molar-refractivity contribution in [2.45, 2.75) is 44.7 Å².